The topological polar surface area (TPSA) is 69.6 Å². The fourth-order valence-electron chi connectivity index (χ4n) is 2.42. The highest BCUT2D eigenvalue weighted by atomic mass is 79.9. The number of carbonyl (C=O) groups excluding carboxylic acids is 1. The van der Waals surface area contributed by atoms with Crippen LogP contribution < -0.4 is 10.2 Å². The Morgan fingerprint density at radius 2 is 2.21 bits per heavy atom. The maximum atomic E-state index is 11.9. The Morgan fingerprint density at radius 1 is 1.47 bits per heavy atom. The summed E-state index contributed by atoms with van der Waals surface area (Å²) in [7, 11) is 1.60. The van der Waals surface area contributed by atoms with E-state index in [1.165, 1.54) is 0 Å². The number of benzene rings is 1. The minimum Gasteiger partial charge on any atom is -0.478 e. The predicted octanol–water partition coefficient (Wildman–Crippen LogP) is 1.86. The van der Waals surface area contributed by atoms with Crippen molar-refractivity contribution < 1.29 is 14.7 Å². The quantitative estimate of drug-likeness (QED) is 0.889. The predicted molar refractivity (Wildman–Crippen MR) is 75.5 cm³/mol. The number of aromatic carboxylic acids is 1. The number of likely N-dealkylation sites (N-methyl/N-ethyl adjacent to an activating group) is 1. The van der Waals surface area contributed by atoms with Crippen LogP contribution in [0.2, 0.25) is 0 Å². The summed E-state index contributed by atoms with van der Waals surface area (Å²) in [4.78, 5) is 25.0. The summed E-state index contributed by atoms with van der Waals surface area (Å²) >= 11 is 3.35. The minimum absolute atomic E-state index is 0.0752. The molecule has 1 aromatic carbocycles. The normalized spacial score (nSPS) is 18.4. The average molecular weight is 327 g/mol. The van der Waals surface area contributed by atoms with Crippen molar-refractivity contribution in [3.05, 3.63) is 28.2 Å². The van der Waals surface area contributed by atoms with E-state index in [1.807, 2.05) is 4.90 Å². The number of rotatable bonds is 3. The molecule has 5 nitrogen and oxygen atoms in total. The fourth-order valence-corrected chi connectivity index (χ4v) is 2.77. The third-order valence-electron chi connectivity index (χ3n) is 3.30. The largest absolute Gasteiger partial charge is 0.478 e. The molecular weight excluding hydrogens is 312 g/mol. The number of carboxylic acids is 1. The summed E-state index contributed by atoms with van der Waals surface area (Å²) in [5, 5.41) is 11.9. The number of carbonyl (C=O) groups is 2. The summed E-state index contributed by atoms with van der Waals surface area (Å²) in [5.41, 5.74) is 0.812. The molecular formula is C13H15BrN2O3. The molecule has 2 N–H and O–H groups in total. The van der Waals surface area contributed by atoms with Gasteiger partial charge in [-0.3, -0.25) is 4.79 Å². The van der Waals surface area contributed by atoms with E-state index in [0.29, 0.717) is 12.2 Å². The number of nitrogens with one attached hydrogen (secondary N) is 1. The van der Waals surface area contributed by atoms with Gasteiger partial charge in [-0.1, -0.05) is 15.9 Å². The number of hydrogen-bond acceptors (Lipinski definition) is 3. The number of hydrogen-bond donors (Lipinski definition) is 2. The van der Waals surface area contributed by atoms with Crippen molar-refractivity contribution in [2.75, 3.05) is 18.5 Å². The van der Waals surface area contributed by atoms with Crippen molar-refractivity contribution >= 4 is 33.5 Å². The number of carboxylic acid groups (broad SMARTS) is 1. The second kappa shape index (κ2) is 5.61. The van der Waals surface area contributed by atoms with Crippen LogP contribution in [0, 0.1) is 0 Å². The second-order valence-corrected chi connectivity index (χ2v) is 5.35. The van der Waals surface area contributed by atoms with Crippen LogP contribution in [0.15, 0.2) is 22.7 Å². The van der Waals surface area contributed by atoms with Gasteiger partial charge < -0.3 is 15.3 Å². The molecule has 6 heteroatoms. The third kappa shape index (κ3) is 2.73. The Morgan fingerprint density at radius 3 is 2.84 bits per heavy atom. The van der Waals surface area contributed by atoms with Crippen LogP contribution in [0.3, 0.4) is 0 Å². The van der Waals surface area contributed by atoms with Gasteiger partial charge in [0.15, 0.2) is 0 Å². The molecule has 19 heavy (non-hydrogen) atoms. The fraction of sp³-hybridized carbons (Fsp3) is 0.385. The number of anilines is 1. The van der Waals surface area contributed by atoms with Gasteiger partial charge in [0.2, 0.25) is 5.91 Å². The second-order valence-electron chi connectivity index (χ2n) is 4.43. The number of nitrogens with zero attached hydrogens (tertiary/aromatic N) is 1. The molecule has 0 saturated carbocycles. The molecule has 1 heterocycles. The van der Waals surface area contributed by atoms with Crippen molar-refractivity contribution in [3.63, 3.8) is 0 Å². The zero-order valence-electron chi connectivity index (χ0n) is 10.5. The highest BCUT2D eigenvalue weighted by Crippen LogP contribution is 2.31. The van der Waals surface area contributed by atoms with E-state index in [-0.39, 0.29) is 17.5 Å². The van der Waals surface area contributed by atoms with Crippen molar-refractivity contribution in [1.82, 2.24) is 5.32 Å². The first-order valence-corrected chi connectivity index (χ1v) is 6.85. The highest BCUT2D eigenvalue weighted by molar-refractivity contribution is 9.10. The molecule has 1 fully saturated rings. The van der Waals surface area contributed by atoms with Crippen LogP contribution in [0.5, 0.6) is 0 Å². The Hall–Kier alpha value is -1.56. The molecule has 0 spiro atoms. The van der Waals surface area contributed by atoms with Gasteiger partial charge in [-0.2, -0.15) is 0 Å². The van der Waals surface area contributed by atoms with Gasteiger partial charge in [-0.05, 0) is 31.0 Å². The van der Waals surface area contributed by atoms with Gasteiger partial charge in [0.25, 0.3) is 0 Å². The molecule has 0 aliphatic carbocycles. The molecule has 1 aliphatic rings. The maximum absolute atomic E-state index is 11.9. The lowest BCUT2D eigenvalue weighted by Gasteiger charge is -2.27. The average Bonchev–Trinajstić information content (AvgIpc) is 2.86. The lowest BCUT2D eigenvalue weighted by atomic mass is 10.1. The lowest BCUT2D eigenvalue weighted by molar-refractivity contribution is -0.121. The summed E-state index contributed by atoms with van der Waals surface area (Å²) < 4.78 is 0.801. The molecule has 1 saturated heterocycles. The van der Waals surface area contributed by atoms with E-state index < -0.39 is 5.97 Å². The van der Waals surface area contributed by atoms with Crippen LogP contribution >= 0.6 is 15.9 Å². The zero-order valence-corrected chi connectivity index (χ0v) is 12.1. The molecule has 1 aromatic rings. The van der Waals surface area contributed by atoms with Crippen LogP contribution in [0.25, 0.3) is 0 Å². The molecule has 0 aromatic heterocycles. The van der Waals surface area contributed by atoms with Gasteiger partial charge in [-0.25, -0.2) is 4.79 Å². The summed E-state index contributed by atoms with van der Waals surface area (Å²) in [6.07, 6.45) is 1.62. The number of amides is 1. The van der Waals surface area contributed by atoms with Crippen molar-refractivity contribution in [2.24, 2.45) is 0 Å². The SMILES string of the molecule is CNC(=O)C1CCCN1c1cc(Br)ccc1C(=O)O. The van der Waals surface area contributed by atoms with Gasteiger partial charge in [0, 0.05) is 18.1 Å². The standard InChI is InChI=1S/C13H15BrN2O3/c1-15-12(17)10-3-2-6-16(10)11-7-8(14)4-5-9(11)13(18)19/h4-5,7,10H,2-3,6H2,1H3,(H,15,17)(H,18,19). The van der Waals surface area contributed by atoms with Crippen molar-refractivity contribution in [2.45, 2.75) is 18.9 Å². The molecule has 0 bridgehead atoms. The molecule has 102 valence electrons. The molecule has 0 radical (unpaired) electrons. The third-order valence-corrected chi connectivity index (χ3v) is 3.79. The van der Waals surface area contributed by atoms with E-state index in [2.05, 4.69) is 21.2 Å². The van der Waals surface area contributed by atoms with E-state index in [9.17, 15) is 14.7 Å². The van der Waals surface area contributed by atoms with Gasteiger partial charge >= 0.3 is 5.97 Å². The highest BCUT2D eigenvalue weighted by Gasteiger charge is 2.32. The van der Waals surface area contributed by atoms with E-state index >= 15 is 0 Å². The molecule has 1 atom stereocenters. The number of halogens is 1. The van der Waals surface area contributed by atoms with Gasteiger partial charge in [0.05, 0.1) is 11.3 Å². The van der Waals surface area contributed by atoms with Crippen LogP contribution in [-0.2, 0) is 4.79 Å². The Kier molecular flexibility index (Phi) is 4.09. The monoisotopic (exact) mass is 326 g/mol. The molecule has 1 amide bonds. The summed E-state index contributed by atoms with van der Waals surface area (Å²) in [6, 6.07) is 4.71. The van der Waals surface area contributed by atoms with E-state index in [0.717, 1.165) is 17.3 Å². The van der Waals surface area contributed by atoms with Crippen LogP contribution in [0.4, 0.5) is 5.69 Å². The van der Waals surface area contributed by atoms with E-state index in [1.54, 1.807) is 25.2 Å². The van der Waals surface area contributed by atoms with Gasteiger partial charge in [-0.15, -0.1) is 0 Å². The molecule has 1 unspecified atom stereocenters. The smallest absolute Gasteiger partial charge is 0.337 e. The van der Waals surface area contributed by atoms with E-state index in [4.69, 9.17) is 0 Å². The van der Waals surface area contributed by atoms with Crippen molar-refractivity contribution in [3.8, 4) is 0 Å². The summed E-state index contributed by atoms with van der Waals surface area (Å²) in [6.45, 7) is 0.689. The first-order chi connectivity index (χ1) is 9.04. The molecule has 1 aliphatic heterocycles. The zero-order chi connectivity index (χ0) is 14.0. The Balaban J connectivity index is 2.42. The molecule has 2 rings (SSSR count). The first-order valence-electron chi connectivity index (χ1n) is 6.05. The minimum atomic E-state index is -0.981. The van der Waals surface area contributed by atoms with Crippen LogP contribution in [0.1, 0.15) is 23.2 Å². The van der Waals surface area contributed by atoms with Crippen molar-refractivity contribution in [1.29, 1.82) is 0 Å². The van der Waals surface area contributed by atoms with Gasteiger partial charge in [0.1, 0.15) is 6.04 Å². The van der Waals surface area contributed by atoms with Crippen LogP contribution in [-0.4, -0.2) is 36.6 Å². The summed E-state index contributed by atoms with van der Waals surface area (Å²) in [5.74, 6) is -1.06. The lowest BCUT2D eigenvalue weighted by Crippen LogP contribution is -2.42. The first kappa shape index (κ1) is 13.9. The Bertz CT molecular complexity index is 519. The maximum Gasteiger partial charge on any atom is 0.337 e. The Labute approximate surface area is 119 Å².